The van der Waals surface area contributed by atoms with Gasteiger partial charge in [0.25, 0.3) is 0 Å². The van der Waals surface area contributed by atoms with Crippen molar-refractivity contribution in [2.45, 2.75) is 44.2 Å². The van der Waals surface area contributed by atoms with Crippen molar-refractivity contribution in [2.75, 3.05) is 26.2 Å². The zero-order valence-corrected chi connectivity index (χ0v) is 16.7. The summed E-state index contributed by atoms with van der Waals surface area (Å²) in [5.41, 5.74) is 0.789. The van der Waals surface area contributed by atoms with Gasteiger partial charge in [-0.1, -0.05) is 18.2 Å². The zero-order valence-electron chi connectivity index (χ0n) is 16.7. The molecule has 0 aliphatic carbocycles. The van der Waals surface area contributed by atoms with Crippen LogP contribution in [0.2, 0.25) is 0 Å². The van der Waals surface area contributed by atoms with Crippen molar-refractivity contribution in [3.05, 3.63) is 59.9 Å². The van der Waals surface area contributed by atoms with Crippen molar-refractivity contribution >= 4 is 0 Å². The van der Waals surface area contributed by atoms with Crippen molar-refractivity contribution in [3.8, 4) is 11.5 Å². The van der Waals surface area contributed by atoms with Gasteiger partial charge in [0, 0.05) is 25.2 Å². The summed E-state index contributed by atoms with van der Waals surface area (Å²) >= 11 is 0. The first-order chi connectivity index (χ1) is 14.0. The molecule has 1 N–H and O–H groups in total. The number of ether oxygens (including phenoxy) is 3. The number of hydrogen-bond acceptors (Lipinski definition) is 5. The third kappa shape index (κ3) is 4.71. The molecular weight excluding hydrogens is 373 g/mol. The van der Waals surface area contributed by atoms with Gasteiger partial charge in [0.1, 0.15) is 41.7 Å². The number of likely N-dealkylation sites (tertiary alicyclic amines) is 1. The number of halogens is 1. The van der Waals surface area contributed by atoms with E-state index in [1.165, 1.54) is 12.1 Å². The van der Waals surface area contributed by atoms with Crippen LogP contribution in [0.3, 0.4) is 0 Å². The highest BCUT2D eigenvalue weighted by Crippen LogP contribution is 2.37. The molecule has 0 saturated carbocycles. The Morgan fingerprint density at radius 1 is 1.17 bits per heavy atom. The molecule has 0 radical (unpaired) electrons. The van der Waals surface area contributed by atoms with E-state index in [-0.39, 0.29) is 24.1 Å². The van der Waals surface area contributed by atoms with Crippen molar-refractivity contribution in [1.82, 2.24) is 4.90 Å². The number of nitrogens with zero attached hydrogens (tertiary/aromatic N) is 1. The van der Waals surface area contributed by atoms with Gasteiger partial charge in [0.2, 0.25) is 0 Å². The van der Waals surface area contributed by atoms with E-state index >= 15 is 0 Å². The molecule has 0 aromatic heterocycles. The second-order valence-corrected chi connectivity index (χ2v) is 7.94. The van der Waals surface area contributed by atoms with E-state index in [4.69, 9.17) is 14.2 Å². The Bertz CT molecular complexity index is 805. The van der Waals surface area contributed by atoms with E-state index in [1.807, 2.05) is 24.3 Å². The van der Waals surface area contributed by atoms with Crippen LogP contribution in [-0.2, 0) is 11.3 Å². The minimum Gasteiger partial charge on any atom is -0.491 e. The molecule has 6 heteroatoms. The first kappa shape index (κ1) is 20.1. The van der Waals surface area contributed by atoms with E-state index in [1.54, 1.807) is 12.1 Å². The topological polar surface area (TPSA) is 51.2 Å². The van der Waals surface area contributed by atoms with Crippen LogP contribution in [0.15, 0.2) is 48.5 Å². The van der Waals surface area contributed by atoms with E-state index < -0.39 is 6.10 Å². The minimum atomic E-state index is -0.609. The molecule has 1 fully saturated rings. The van der Waals surface area contributed by atoms with Crippen LogP contribution < -0.4 is 9.47 Å². The molecular formula is C23H28FNO4. The fourth-order valence-electron chi connectivity index (χ4n) is 4.11. The summed E-state index contributed by atoms with van der Waals surface area (Å²) in [6, 6.07) is 13.9. The van der Waals surface area contributed by atoms with Crippen molar-refractivity contribution in [2.24, 2.45) is 0 Å². The van der Waals surface area contributed by atoms with Crippen LogP contribution >= 0.6 is 0 Å². The van der Waals surface area contributed by atoms with E-state index in [0.717, 1.165) is 37.2 Å². The maximum Gasteiger partial charge on any atom is 0.125 e. The lowest BCUT2D eigenvalue weighted by Gasteiger charge is -2.44. The molecule has 0 amide bonds. The predicted octanol–water partition coefficient (Wildman–Crippen LogP) is 3.40. The summed E-state index contributed by atoms with van der Waals surface area (Å²) in [5.74, 6) is 1.16. The van der Waals surface area contributed by atoms with Crippen LogP contribution in [0.1, 0.15) is 25.3 Å². The Kier molecular flexibility index (Phi) is 6.04. The largest absolute Gasteiger partial charge is 0.491 e. The Morgan fingerprint density at radius 3 is 2.66 bits per heavy atom. The Hall–Kier alpha value is -2.15. The molecule has 29 heavy (non-hydrogen) atoms. The third-order valence-electron chi connectivity index (χ3n) is 5.96. The van der Waals surface area contributed by atoms with Crippen molar-refractivity contribution in [1.29, 1.82) is 0 Å². The average Bonchev–Trinajstić information content (AvgIpc) is 2.86. The predicted molar refractivity (Wildman–Crippen MR) is 108 cm³/mol. The van der Waals surface area contributed by atoms with Crippen LogP contribution in [0.4, 0.5) is 4.39 Å². The van der Waals surface area contributed by atoms with E-state index in [2.05, 4.69) is 11.8 Å². The molecule has 156 valence electrons. The second-order valence-electron chi connectivity index (χ2n) is 7.94. The van der Waals surface area contributed by atoms with Gasteiger partial charge >= 0.3 is 0 Å². The quantitative estimate of drug-likeness (QED) is 0.832. The summed E-state index contributed by atoms with van der Waals surface area (Å²) in [5, 5.41) is 10.3. The van der Waals surface area contributed by atoms with Crippen LogP contribution in [0.25, 0.3) is 0 Å². The van der Waals surface area contributed by atoms with Gasteiger partial charge in [-0.25, -0.2) is 4.39 Å². The van der Waals surface area contributed by atoms with Gasteiger partial charge in [0.05, 0.1) is 6.61 Å². The molecule has 2 unspecified atom stereocenters. The summed E-state index contributed by atoms with van der Waals surface area (Å²) in [6.45, 7) is 5.03. The summed E-state index contributed by atoms with van der Waals surface area (Å²) in [4.78, 5) is 2.23. The maximum atomic E-state index is 12.9. The van der Waals surface area contributed by atoms with Crippen molar-refractivity contribution < 1.29 is 23.7 Å². The van der Waals surface area contributed by atoms with E-state index in [0.29, 0.717) is 18.9 Å². The number of aliphatic hydroxyl groups excluding tert-OH is 1. The molecule has 2 aliphatic heterocycles. The zero-order chi connectivity index (χ0) is 20.3. The smallest absolute Gasteiger partial charge is 0.125 e. The fraction of sp³-hybridized carbons (Fsp3) is 0.478. The summed E-state index contributed by atoms with van der Waals surface area (Å²) in [7, 11) is 0. The molecule has 2 aliphatic rings. The third-order valence-corrected chi connectivity index (χ3v) is 5.96. The first-order valence-corrected chi connectivity index (χ1v) is 10.2. The fourth-order valence-corrected chi connectivity index (χ4v) is 4.11. The maximum absolute atomic E-state index is 12.9. The second kappa shape index (κ2) is 8.69. The first-order valence-electron chi connectivity index (χ1n) is 10.2. The molecule has 2 heterocycles. The number of rotatable bonds is 5. The normalized spacial score (nSPS) is 22.4. The van der Waals surface area contributed by atoms with Crippen LogP contribution in [-0.4, -0.2) is 54.1 Å². The van der Waals surface area contributed by atoms with Gasteiger partial charge in [-0.3, -0.25) is 0 Å². The highest BCUT2D eigenvalue weighted by molar-refractivity contribution is 5.34. The average molecular weight is 401 g/mol. The molecule has 4 rings (SSSR count). The Labute approximate surface area is 171 Å². The number of para-hydroxylation sites is 1. The number of fused-ring (bicyclic) bond motifs is 1. The lowest BCUT2D eigenvalue weighted by molar-refractivity contribution is -0.138. The van der Waals surface area contributed by atoms with Crippen molar-refractivity contribution in [3.63, 3.8) is 0 Å². The standard InChI is InChI=1S/C23H28FNO4/c1-17-23(28-15-18-4-2-3-5-22(18)29-17)10-12-25(13-11-23)14-20(26)16-27-21-8-6-19(24)7-9-21/h2-9,17,20,26H,10-16H2,1H3. The molecule has 2 aromatic rings. The van der Waals surface area contributed by atoms with Gasteiger partial charge in [-0.15, -0.1) is 0 Å². The van der Waals surface area contributed by atoms with Gasteiger partial charge < -0.3 is 24.2 Å². The monoisotopic (exact) mass is 401 g/mol. The van der Waals surface area contributed by atoms with Crippen LogP contribution in [0.5, 0.6) is 11.5 Å². The number of β-amino-alcohol motifs (C(OH)–C–C–N with tert-alkyl or cyclic N) is 1. The van der Waals surface area contributed by atoms with E-state index in [9.17, 15) is 9.50 Å². The molecule has 1 spiro atoms. The highest BCUT2D eigenvalue weighted by Gasteiger charge is 2.43. The molecule has 1 saturated heterocycles. The molecule has 2 atom stereocenters. The van der Waals surface area contributed by atoms with Crippen LogP contribution in [0, 0.1) is 5.82 Å². The van der Waals surface area contributed by atoms with Gasteiger partial charge in [-0.05, 0) is 50.1 Å². The minimum absolute atomic E-state index is 0.0277. The number of hydrogen-bond donors (Lipinski definition) is 1. The lowest BCUT2D eigenvalue weighted by atomic mass is 9.86. The Balaban J connectivity index is 1.27. The SMILES string of the molecule is CC1Oc2ccccc2COC12CCN(CC(O)COc1ccc(F)cc1)CC2. The molecule has 2 aromatic carbocycles. The molecule has 5 nitrogen and oxygen atoms in total. The lowest BCUT2D eigenvalue weighted by Crippen LogP contribution is -2.54. The number of aliphatic hydroxyl groups is 1. The summed E-state index contributed by atoms with van der Waals surface area (Å²) < 4.78 is 31.1. The highest BCUT2D eigenvalue weighted by atomic mass is 19.1. The van der Waals surface area contributed by atoms with Gasteiger partial charge in [-0.2, -0.15) is 0 Å². The number of piperidine rings is 1. The molecule has 0 bridgehead atoms. The van der Waals surface area contributed by atoms with Gasteiger partial charge in [0.15, 0.2) is 0 Å². The Morgan fingerprint density at radius 2 is 1.90 bits per heavy atom. The number of benzene rings is 2. The summed E-state index contributed by atoms with van der Waals surface area (Å²) in [6.07, 6.45) is 1.07.